The Morgan fingerprint density at radius 2 is 1.91 bits per heavy atom. The van der Waals surface area contributed by atoms with Gasteiger partial charge in [0.25, 0.3) is 0 Å². The van der Waals surface area contributed by atoms with E-state index in [9.17, 15) is 14.7 Å². The van der Waals surface area contributed by atoms with Gasteiger partial charge in [-0.3, -0.25) is 4.98 Å². The van der Waals surface area contributed by atoms with Gasteiger partial charge < -0.3 is 23.7 Å². The predicted molar refractivity (Wildman–Crippen MR) is 155 cm³/mol. The van der Waals surface area contributed by atoms with Crippen molar-refractivity contribution >= 4 is 5.97 Å². The molecule has 9 nitrogen and oxygen atoms in total. The maximum atomic E-state index is 13.3. The lowest BCUT2D eigenvalue weighted by atomic mass is 9.67. The molecule has 6 rings (SSSR count). The number of fused-ring (bicyclic) bond motifs is 2. The molecule has 218 valence electrons. The van der Waals surface area contributed by atoms with E-state index in [2.05, 4.69) is 4.98 Å². The first-order chi connectivity index (χ1) is 20.7. The number of esters is 1. The molecule has 4 aromatic rings. The summed E-state index contributed by atoms with van der Waals surface area (Å²) in [5.74, 6) is -0.837. The van der Waals surface area contributed by atoms with Gasteiger partial charge in [0.05, 0.1) is 36.0 Å². The molecular weight excluding hydrogens is 548 g/mol. The Labute approximate surface area is 248 Å². The highest BCUT2D eigenvalue weighted by molar-refractivity contribution is 5.89. The Kier molecular flexibility index (Phi) is 7.57. The topological polar surface area (TPSA) is 132 Å². The highest BCUT2D eigenvalue weighted by atomic mass is 16.6. The van der Waals surface area contributed by atoms with E-state index in [0.29, 0.717) is 30.6 Å². The molecule has 2 aromatic heterocycles. The van der Waals surface area contributed by atoms with Gasteiger partial charge in [-0.25, -0.2) is 9.59 Å². The Balaban J connectivity index is 1.34. The van der Waals surface area contributed by atoms with Crippen LogP contribution in [-0.2, 0) is 16.1 Å². The van der Waals surface area contributed by atoms with Crippen LogP contribution in [0, 0.1) is 24.2 Å². The zero-order valence-electron chi connectivity index (χ0n) is 23.7. The van der Waals surface area contributed by atoms with Gasteiger partial charge >= 0.3 is 11.6 Å². The maximum absolute atomic E-state index is 13.3. The summed E-state index contributed by atoms with van der Waals surface area (Å²) >= 11 is 0. The second-order valence-electron chi connectivity index (χ2n) is 11.2. The van der Waals surface area contributed by atoms with Gasteiger partial charge in [0.2, 0.25) is 0 Å². The van der Waals surface area contributed by atoms with E-state index < -0.39 is 41.4 Å². The number of ether oxygens (including phenoxy) is 3. The van der Waals surface area contributed by atoms with Gasteiger partial charge in [-0.15, -0.1) is 0 Å². The number of pyridine rings is 1. The van der Waals surface area contributed by atoms with E-state index in [1.54, 1.807) is 49.6 Å². The van der Waals surface area contributed by atoms with E-state index in [0.717, 1.165) is 11.1 Å². The average molecular weight is 579 g/mol. The summed E-state index contributed by atoms with van der Waals surface area (Å²) in [5, 5.41) is 20.8. The van der Waals surface area contributed by atoms with Crippen molar-refractivity contribution in [3.63, 3.8) is 0 Å². The third-order valence-electron chi connectivity index (χ3n) is 8.38. The molecule has 9 heteroatoms. The van der Waals surface area contributed by atoms with E-state index in [4.69, 9.17) is 23.9 Å². The van der Waals surface area contributed by atoms with Crippen LogP contribution in [0.5, 0.6) is 5.75 Å². The number of carbonyl (C=O) groups is 1. The number of nitrogens with zero attached hydrogens (tertiary/aromatic N) is 2. The van der Waals surface area contributed by atoms with E-state index in [1.165, 1.54) is 12.1 Å². The molecule has 1 N–H and O–H groups in total. The fraction of sp³-hybridized carbons (Fsp3) is 0.294. The van der Waals surface area contributed by atoms with Gasteiger partial charge in [0, 0.05) is 36.4 Å². The van der Waals surface area contributed by atoms with Crippen molar-refractivity contribution in [2.24, 2.45) is 5.92 Å². The van der Waals surface area contributed by atoms with Crippen LogP contribution < -0.4 is 10.4 Å². The molecule has 0 radical (unpaired) electrons. The minimum absolute atomic E-state index is 0.0199. The van der Waals surface area contributed by atoms with Crippen molar-refractivity contribution in [1.29, 1.82) is 5.26 Å². The van der Waals surface area contributed by atoms with Crippen LogP contribution in [0.4, 0.5) is 0 Å². The van der Waals surface area contributed by atoms with Crippen LogP contribution in [0.1, 0.15) is 58.5 Å². The molecule has 0 spiro atoms. The minimum Gasteiger partial charge on any atom is -0.482 e. The van der Waals surface area contributed by atoms with Crippen molar-refractivity contribution in [1.82, 2.24) is 4.98 Å². The molecule has 2 aromatic carbocycles. The fourth-order valence-electron chi connectivity index (χ4n) is 5.91. The Hall–Kier alpha value is -4.78. The van der Waals surface area contributed by atoms with Crippen LogP contribution in [0.15, 0.2) is 88.3 Å². The molecule has 3 heterocycles. The lowest BCUT2D eigenvalue weighted by molar-refractivity contribution is -0.185. The molecule has 1 aliphatic carbocycles. The smallest absolute Gasteiger partial charge is 0.345 e. The van der Waals surface area contributed by atoms with Crippen LogP contribution in [0.2, 0.25) is 0 Å². The van der Waals surface area contributed by atoms with Crippen molar-refractivity contribution < 1.29 is 28.5 Å². The molecule has 2 aliphatic rings. The number of rotatable bonds is 6. The lowest BCUT2D eigenvalue weighted by Crippen LogP contribution is -2.61. The van der Waals surface area contributed by atoms with Gasteiger partial charge in [-0.2, -0.15) is 5.26 Å². The molecule has 1 saturated carbocycles. The largest absolute Gasteiger partial charge is 0.482 e. The van der Waals surface area contributed by atoms with E-state index >= 15 is 0 Å². The molecule has 1 aliphatic heterocycles. The Bertz CT molecular complexity index is 1730. The summed E-state index contributed by atoms with van der Waals surface area (Å²) in [7, 11) is 0. The highest BCUT2D eigenvalue weighted by Gasteiger charge is 2.58. The fourth-order valence-corrected chi connectivity index (χ4v) is 5.91. The lowest BCUT2D eigenvalue weighted by Gasteiger charge is -2.52. The standard InChI is InChI=1S/C34H30N2O7/c1-20-5-7-22(8-6-20)19-40-25-14-26-31(37)30-28(16-27(41-33(30)39)24-4-3-13-36-18-24)43-34(26,2)29(15-25)42-32(38)23-11-9-21(17-35)10-12-23/h3-13,16,18,25-26,29,31,37H,14-15,19H2,1-2H3/t25-,26?,29-,31?,34-/m1/s1. The molecule has 5 atom stereocenters. The van der Waals surface area contributed by atoms with Crippen molar-refractivity contribution in [2.75, 3.05) is 0 Å². The Morgan fingerprint density at radius 1 is 1.14 bits per heavy atom. The first-order valence-corrected chi connectivity index (χ1v) is 14.1. The number of aryl methyl sites for hydroxylation is 1. The number of aliphatic hydroxyl groups is 1. The summed E-state index contributed by atoms with van der Waals surface area (Å²) in [4.78, 5) is 30.6. The number of carbonyl (C=O) groups excluding carboxylic acids is 1. The number of nitriles is 1. The van der Waals surface area contributed by atoms with E-state index in [1.807, 2.05) is 37.3 Å². The van der Waals surface area contributed by atoms with Crippen molar-refractivity contribution in [3.05, 3.63) is 117 Å². The zero-order valence-corrected chi connectivity index (χ0v) is 23.7. The SMILES string of the molecule is Cc1ccc(CO[C@@H]2CC3C(O)c4c(cc(-c5cccnc5)oc4=O)O[C@@]3(C)[C@H](OC(=O)c3ccc(C#N)cc3)C2)cc1. The van der Waals surface area contributed by atoms with Crippen LogP contribution in [0.3, 0.4) is 0 Å². The molecule has 0 saturated heterocycles. The second-order valence-corrected chi connectivity index (χ2v) is 11.2. The first-order valence-electron chi connectivity index (χ1n) is 14.1. The second kappa shape index (κ2) is 11.5. The van der Waals surface area contributed by atoms with Gasteiger partial charge in [0.15, 0.2) is 0 Å². The van der Waals surface area contributed by atoms with Gasteiger partial charge in [-0.05, 0) is 62.2 Å². The maximum Gasteiger partial charge on any atom is 0.345 e. The van der Waals surface area contributed by atoms with Gasteiger partial charge in [-0.1, -0.05) is 29.8 Å². The normalized spacial score (nSPS) is 24.1. The molecule has 1 fully saturated rings. The third kappa shape index (κ3) is 5.55. The summed E-state index contributed by atoms with van der Waals surface area (Å²) < 4.78 is 24.5. The summed E-state index contributed by atoms with van der Waals surface area (Å²) in [6.07, 6.45) is 1.34. The number of aromatic nitrogens is 1. The number of aliphatic hydroxyl groups excluding tert-OH is 1. The molecular formula is C34H30N2O7. The van der Waals surface area contributed by atoms with Crippen molar-refractivity contribution in [2.45, 2.75) is 57.2 Å². The van der Waals surface area contributed by atoms with Crippen molar-refractivity contribution in [3.8, 4) is 23.1 Å². The van der Waals surface area contributed by atoms with Crippen LogP contribution in [0.25, 0.3) is 11.3 Å². The summed E-state index contributed by atoms with van der Waals surface area (Å²) in [6.45, 7) is 4.13. The highest BCUT2D eigenvalue weighted by Crippen LogP contribution is 2.51. The number of hydrogen-bond donors (Lipinski definition) is 1. The quantitative estimate of drug-likeness (QED) is 0.303. The first kappa shape index (κ1) is 28.3. The zero-order chi connectivity index (χ0) is 30.1. The summed E-state index contributed by atoms with van der Waals surface area (Å²) in [5.41, 5.74) is 1.51. The molecule has 0 bridgehead atoms. The predicted octanol–water partition coefficient (Wildman–Crippen LogP) is 5.29. The average Bonchev–Trinajstić information content (AvgIpc) is 3.01. The third-order valence-corrected chi connectivity index (χ3v) is 8.38. The van der Waals surface area contributed by atoms with Crippen LogP contribution >= 0.6 is 0 Å². The minimum atomic E-state index is -1.25. The van der Waals surface area contributed by atoms with Crippen LogP contribution in [-0.4, -0.2) is 33.9 Å². The number of benzene rings is 2. The number of hydrogen-bond acceptors (Lipinski definition) is 9. The van der Waals surface area contributed by atoms with Gasteiger partial charge in [0.1, 0.15) is 28.8 Å². The molecule has 43 heavy (non-hydrogen) atoms. The molecule has 2 unspecified atom stereocenters. The van der Waals surface area contributed by atoms with E-state index in [-0.39, 0.29) is 22.6 Å². The Morgan fingerprint density at radius 3 is 2.60 bits per heavy atom. The summed E-state index contributed by atoms with van der Waals surface area (Å²) in [6, 6.07) is 21.2. The monoisotopic (exact) mass is 578 g/mol. The molecule has 0 amide bonds.